The van der Waals surface area contributed by atoms with Crippen molar-refractivity contribution in [2.75, 3.05) is 6.61 Å². The molecule has 4 rings (SSSR count). The average molecular weight is 418 g/mol. The quantitative estimate of drug-likeness (QED) is 0.365. The maximum Gasteiger partial charge on any atom is 0.343 e. The fourth-order valence-corrected chi connectivity index (χ4v) is 3.55. The van der Waals surface area contributed by atoms with Crippen LogP contribution in [0, 0.1) is 6.92 Å². The van der Waals surface area contributed by atoms with E-state index < -0.39 is 11.4 Å². The molecule has 0 aliphatic heterocycles. The van der Waals surface area contributed by atoms with Crippen LogP contribution < -0.4 is 5.43 Å². The van der Waals surface area contributed by atoms with Crippen molar-refractivity contribution in [2.45, 2.75) is 13.8 Å². The van der Waals surface area contributed by atoms with Gasteiger partial charge in [0.05, 0.1) is 12.0 Å². The van der Waals surface area contributed by atoms with Crippen molar-refractivity contribution in [1.29, 1.82) is 0 Å². The normalized spacial score (nSPS) is 11.1. The Morgan fingerprint density at radius 1 is 1.36 bits per heavy atom. The van der Waals surface area contributed by atoms with Gasteiger partial charge in [0.25, 0.3) is 5.95 Å². The molecule has 0 spiro atoms. The van der Waals surface area contributed by atoms with Crippen molar-refractivity contribution in [3.63, 3.8) is 0 Å². The number of pyridine rings is 2. The first-order valence-corrected chi connectivity index (χ1v) is 9.23. The zero-order chi connectivity index (χ0) is 19.8. The van der Waals surface area contributed by atoms with Crippen molar-refractivity contribution in [3.05, 3.63) is 51.4 Å². The number of aryl methyl sites for hydroxylation is 1. The fraction of sp³-hybridized carbons (Fsp3) is 0.188. The molecule has 142 valence electrons. The van der Waals surface area contributed by atoms with Crippen LogP contribution in [0.3, 0.4) is 0 Å². The van der Waals surface area contributed by atoms with Gasteiger partial charge >= 0.3 is 5.97 Å². The number of carbonyl (C=O) groups excluding carboxylic acids is 1. The van der Waals surface area contributed by atoms with Gasteiger partial charge in [0.15, 0.2) is 5.65 Å². The lowest BCUT2D eigenvalue weighted by Crippen LogP contribution is -2.21. The first-order chi connectivity index (χ1) is 13.5. The molecule has 12 heteroatoms. The summed E-state index contributed by atoms with van der Waals surface area (Å²) < 4.78 is 12.1. The van der Waals surface area contributed by atoms with Gasteiger partial charge in [-0.1, -0.05) is 11.6 Å². The van der Waals surface area contributed by atoms with E-state index >= 15 is 0 Å². The van der Waals surface area contributed by atoms with Crippen LogP contribution in [-0.2, 0) is 4.74 Å². The summed E-state index contributed by atoms with van der Waals surface area (Å²) in [5, 5.41) is 4.82. The minimum atomic E-state index is -0.724. The molecule has 0 atom stereocenters. The van der Waals surface area contributed by atoms with E-state index in [1.54, 1.807) is 19.9 Å². The van der Waals surface area contributed by atoms with Crippen LogP contribution in [-0.4, -0.2) is 46.2 Å². The number of fused-ring (bicyclic) bond motifs is 1. The van der Waals surface area contributed by atoms with Crippen LogP contribution in [0.1, 0.15) is 22.8 Å². The van der Waals surface area contributed by atoms with Gasteiger partial charge in [0, 0.05) is 17.7 Å². The average Bonchev–Trinajstić information content (AvgIpc) is 3.33. The summed E-state index contributed by atoms with van der Waals surface area (Å²) in [4.78, 5) is 37.8. The van der Waals surface area contributed by atoms with Gasteiger partial charge in [-0.05, 0) is 25.5 Å². The number of aromatic nitrogens is 7. The standard InChI is InChI=1S/C16H12ClN7O3S/c1-3-27-14(26)9-5-23(13-11(12(9)25)8(2)4-10(17)20-13)16-21-15(22-28-16)24-7-18-6-19-24/h4-7H,3H2,1-2H3. The molecule has 0 amide bonds. The molecule has 0 saturated heterocycles. The zero-order valence-corrected chi connectivity index (χ0v) is 16.2. The summed E-state index contributed by atoms with van der Waals surface area (Å²) in [5.41, 5.74) is 0.247. The van der Waals surface area contributed by atoms with Gasteiger partial charge in [-0.25, -0.2) is 14.8 Å². The van der Waals surface area contributed by atoms with Gasteiger partial charge < -0.3 is 4.74 Å². The molecule has 0 unspecified atom stereocenters. The number of rotatable bonds is 4. The number of hydrogen-bond acceptors (Lipinski definition) is 9. The predicted molar refractivity (Wildman–Crippen MR) is 101 cm³/mol. The first-order valence-electron chi connectivity index (χ1n) is 8.08. The van der Waals surface area contributed by atoms with Crippen LogP contribution >= 0.6 is 23.1 Å². The minimum absolute atomic E-state index is 0.126. The topological polar surface area (TPSA) is 118 Å². The van der Waals surface area contributed by atoms with Crippen molar-refractivity contribution >= 4 is 40.1 Å². The van der Waals surface area contributed by atoms with E-state index in [4.69, 9.17) is 16.3 Å². The van der Waals surface area contributed by atoms with Gasteiger partial charge in [-0.2, -0.15) is 14.8 Å². The summed E-state index contributed by atoms with van der Waals surface area (Å²) in [6, 6.07) is 1.56. The zero-order valence-electron chi connectivity index (χ0n) is 14.7. The highest BCUT2D eigenvalue weighted by Gasteiger charge is 2.21. The summed E-state index contributed by atoms with van der Waals surface area (Å²) in [5.74, 6) is -0.431. The molecule has 0 aliphatic carbocycles. The summed E-state index contributed by atoms with van der Waals surface area (Å²) >= 11 is 7.14. The molecule has 0 aliphatic rings. The second-order valence-corrected chi connectivity index (χ2v) is 6.76. The third-order valence-corrected chi connectivity index (χ3v) is 4.75. The molecule has 4 aromatic rings. The molecule has 0 aromatic carbocycles. The van der Waals surface area contributed by atoms with E-state index in [9.17, 15) is 9.59 Å². The third kappa shape index (κ3) is 3.04. The van der Waals surface area contributed by atoms with Crippen LogP contribution in [0.25, 0.3) is 22.1 Å². The molecule has 0 N–H and O–H groups in total. The second-order valence-electron chi connectivity index (χ2n) is 5.64. The highest BCUT2D eigenvalue weighted by atomic mass is 35.5. The van der Waals surface area contributed by atoms with Crippen molar-refractivity contribution in [2.24, 2.45) is 0 Å². The lowest BCUT2D eigenvalue weighted by Gasteiger charge is -2.11. The van der Waals surface area contributed by atoms with E-state index in [2.05, 4.69) is 24.4 Å². The Labute approximate surface area is 166 Å². The van der Waals surface area contributed by atoms with Crippen molar-refractivity contribution < 1.29 is 9.53 Å². The fourth-order valence-electron chi connectivity index (χ4n) is 2.67. The van der Waals surface area contributed by atoms with Gasteiger partial charge in [0.1, 0.15) is 23.4 Å². The Balaban J connectivity index is 2.00. The van der Waals surface area contributed by atoms with Gasteiger partial charge in [-0.3, -0.25) is 9.36 Å². The smallest absolute Gasteiger partial charge is 0.343 e. The number of ether oxygens (including phenoxy) is 1. The monoisotopic (exact) mass is 417 g/mol. The molecule has 0 fully saturated rings. The van der Waals surface area contributed by atoms with E-state index in [-0.39, 0.29) is 28.4 Å². The molecular formula is C16H12ClN7O3S. The number of carbonyl (C=O) groups is 1. The summed E-state index contributed by atoms with van der Waals surface area (Å²) in [7, 11) is 0. The van der Waals surface area contributed by atoms with Crippen LogP contribution in [0.4, 0.5) is 0 Å². The van der Waals surface area contributed by atoms with Crippen LogP contribution in [0.15, 0.2) is 29.7 Å². The Bertz CT molecular complexity index is 1250. The SMILES string of the molecule is CCOC(=O)c1cn(-c2nc(-n3cncn3)ns2)c2nc(Cl)cc(C)c2c1=O. The van der Waals surface area contributed by atoms with E-state index in [1.165, 1.54) is 28.1 Å². The maximum atomic E-state index is 12.9. The molecule has 4 heterocycles. The molecule has 0 bridgehead atoms. The summed E-state index contributed by atoms with van der Waals surface area (Å²) in [6.45, 7) is 3.53. The molecule has 0 saturated carbocycles. The van der Waals surface area contributed by atoms with Crippen LogP contribution in [0.2, 0.25) is 5.15 Å². The van der Waals surface area contributed by atoms with E-state index in [0.29, 0.717) is 16.6 Å². The Morgan fingerprint density at radius 2 is 2.18 bits per heavy atom. The molecule has 4 aromatic heterocycles. The number of halogens is 1. The molecule has 28 heavy (non-hydrogen) atoms. The van der Waals surface area contributed by atoms with Crippen LogP contribution in [0.5, 0.6) is 0 Å². The second kappa shape index (κ2) is 7.09. The Kier molecular flexibility index (Phi) is 4.61. The summed E-state index contributed by atoms with van der Waals surface area (Å²) in [6.07, 6.45) is 4.16. The van der Waals surface area contributed by atoms with E-state index in [1.807, 2.05) is 0 Å². The molecule has 10 nitrogen and oxygen atoms in total. The van der Waals surface area contributed by atoms with E-state index in [0.717, 1.165) is 11.5 Å². The minimum Gasteiger partial charge on any atom is -0.462 e. The Hall–Kier alpha value is -3.18. The van der Waals surface area contributed by atoms with Gasteiger partial charge in [-0.15, -0.1) is 4.37 Å². The lowest BCUT2D eigenvalue weighted by atomic mass is 10.1. The number of esters is 1. The highest BCUT2D eigenvalue weighted by Crippen LogP contribution is 2.23. The molecule has 0 radical (unpaired) electrons. The maximum absolute atomic E-state index is 12.9. The number of nitrogens with zero attached hydrogens (tertiary/aromatic N) is 7. The van der Waals surface area contributed by atoms with Crippen molar-refractivity contribution in [1.82, 2.24) is 33.7 Å². The Morgan fingerprint density at radius 3 is 2.89 bits per heavy atom. The number of hydrogen-bond donors (Lipinski definition) is 0. The lowest BCUT2D eigenvalue weighted by molar-refractivity contribution is 0.0524. The van der Waals surface area contributed by atoms with Gasteiger partial charge in [0.2, 0.25) is 10.6 Å². The molecular weight excluding hydrogens is 406 g/mol. The first kappa shape index (κ1) is 18.2. The van der Waals surface area contributed by atoms with Crippen molar-refractivity contribution in [3.8, 4) is 11.1 Å². The third-order valence-electron chi connectivity index (χ3n) is 3.85. The highest BCUT2D eigenvalue weighted by molar-refractivity contribution is 7.08. The predicted octanol–water partition coefficient (Wildman–Crippen LogP) is 1.96. The largest absolute Gasteiger partial charge is 0.462 e.